The molecule has 0 radical (unpaired) electrons. The number of aryl methyl sites for hydroxylation is 1. The van der Waals surface area contributed by atoms with Crippen LogP contribution >= 0.6 is 0 Å². The SMILES string of the molecule is COC(=O)c1cc2oc(/C=C/C(=O)O)cc2n1C. The molecule has 2 aromatic rings. The van der Waals surface area contributed by atoms with E-state index in [1.54, 1.807) is 23.7 Å². The van der Waals surface area contributed by atoms with Crippen molar-refractivity contribution in [3.8, 4) is 0 Å². The molecular formula is C12H11NO5. The minimum atomic E-state index is -1.05. The molecule has 0 aliphatic rings. The van der Waals surface area contributed by atoms with Crippen LogP contribution in [0.3, 0.4) is 0 Å². The number of carbonyl (C=O) groups is 2. The van der Waals surface area contributed by atoms with Crippen LogP contribution in [0.2, 0.25) is 0 Å². The Morgan fingerprint density at radius 2 is 2.17 bits per heavy atom. The highest BCUT2D eigenvalue weighted by Gasteiger charge is 2.16. The fraction of sp³-hybridized carbons (Fsp3) is 0.167. The molecule has 0 saturated carbocycles. The molecule has 0 unspecified atom stereocenters. The van der Waals surface area contributed by atoms with Gasteiger partial charge < -0.3 is 18.8 Å². The van der Waals surface area contributed by atoms with Gasteiger partial charge in [-0.25, -0.2) is 9.59 Å². The first kappa shape index (κ1) is 12.0. The number of carboxylic acids is 1. The van der Waals surface area contributed by atoms with Gasteiger partial charge in [-0.1, -0.05) is 0 Å². The Labute approximate surface area is 102 Å². The number of fused-ring (bicyclic) bond motifs is 1. The van der Waals surface area contributed by atoms with Crippen molar-refractivity contribution >= 4 is 29.1 Å². The number of carboxylic acid groups (broad SMARTS) is 1. The number of carbonyl (C=O) groups excluding carboxylic acids is 1. The van der Waals surface area contributed by atoms with Crippen LogP contribution in [-0.2, 0) is 16.6 Å². The van der Waals surface area contributed by atoms with Gasteiger partial charge in [0.15, 0.2) is 5.58 Å². The third kappa shape index (κ3) is 2.00. The lowest BCUT2D eigenvalue weighted by Gasteiger charge is -1.99. The average molecular weight is 249 g/mol. The molecule has 0 bridgehead atoms. The number of hydrogen-bond donors (Lipinski definition) is 1. The van der Waals surface area contributed by atoms with Crippen molar-refractivity contribution in [2.45, 2.75) is 0 Å². The van der Waals surface area contributed by atoms with Gasteiger partial charge in [0.1, 0.15) is 11.5 Å². The molecular weight excluding hydrogens is 238 g/mol. The fourth-order valence-electron chi connectivity index (χ4n) is 1.67. The molecule has 6 heteroatoms. The van der Waals surface area contributed by atoms with Crippen LogP contribution in [0, 0.1) is 0 Å². The molecule has 6 nitrogen and oxygen atoms in total. The van der Waals surface area contributed by atoms with E-state index in [1.807, 2.05) is 0 Å². The highest BCUT2D eigenvalue weighted by molar-refractivity contribution is 5.94. The Morgan fingerprint density at radius 3 is 2.72 bits per heavy atom. The van der Waals surface area contributed by atoms with Gasteiger partial charge in [-0.2, -0.15) is 0 Å². The number of nitrogens with zero attached hydrogens (tertiary/aromatic N) is 1. The Kier molecular flexibility index (Phi) is 2.93. The summed E-state index contributed by atoms with van der Waals surface area (Å²) in [5, 5.41) is 8.51. The van der Waals surface area contributed by atoms with Gasteiger partial charge in [0.2, 0.25) is 0 Å². The van der Waals surface area contributed by atoms with E-state index in [0.717, 1.165) is 6.08 Å². The van der Waals surface area contributed by atoms with Gasteiger partial charge >= 0.3 is 11.9 Å². The van der Waals surface area contributed by atoms with Gasteiger partial charge in [0, 0.05) is 25.3 Å². The summed E-state index contributed by atoms with van der Waals surface area (Å²) >= 11 is 0. The monoisotopic (exact) mass is 249 g/mol. The van der Waals surface area contributed by atoms with Crippen molar-refractivity contribution in [1.82, 2.24) is 4.57 Å². The van der Waals surface area contributed by atoms with E-state index >= 15 is 0 Å². The predicted octanol–water partition coefficient (Wildman–Crippen LogP) is 1.66. The van der Waals surface area contributed by atoms with E-state index in [-0.39, 0.29) is 0 Å². The average Bonchev–Trinajstić information content (AvgIpc) is 2.86. The van der Waals surface area contributed by atoms with E-state index in [1.165, 1.54) is 13.2 Å². The topological polar surface area (TPSA) is 81.7 Å². The molecule has 0 aliphatic heterocycles. The number of rotatable bonds is 3. The number of hydrogen-bond acceptors (Lipinski definition) is 4. The summed E-state index contributed by atoms with van der Waals surface area (Å²) < 4.78 is 11.7. The second-order valence-electron chi connectivity index (χ2n) is 3.65. The second-order valence-corrected chi connectivity index (χ2v) is 3.65. The van der Waals surface area contributed by atoms with Crippen LogP contribution in [0.15, 0.2) is 22.6 Å². The summed E-state index contributed by atoms with van der Waals surface area (Å²) in [6, 6.07) is 3.21. The Bertz CT molecular complexity index is 647. The zero-order chi connectivity index (χ0) is 13.3. The summed E-state index contributed by atoms with van der Waals surface area (Å²) in [5.41, 5.74) is 1.57. The molecule has 0 amide bonds. The maximum absolute atomic E-state index is 11.4. The largest absolute Gasteiger partial charge is 0.478 e. The zero-order valence-electron chi connectivity index (χ0n) is 9.84. The molecule has 18 heavy (non-hydrogen) atoms. The molecule has 2 rings (SSSR count). The Balaban J connectivity index is 2.43. The van der Waals surface area contributed by atoms with Crippen LogP contribution < -0.4 is 0 Å². The molecule has 94 valence electrons. The highest BCUT2D eigenvalue weighted by atomic mass is 16.5. The number of esters is 1. The summed E-state index contributed by atoms with van der Waals surface area (Å²) in [5.74, 6) is -1.09. The van der Waals surface area contributed by atoms with Gasteiger partial charge in [0.25, 0.3) is 0 Å². The molecule has 0 saturated heterocycles. The van der Waals surface area contributed by atoms with Crippen molar-refractivity contribution in [3.63, 3.8) is 0 Å². The van der Waals surface area contributed by atoms with E-state index in [2.05, 4.69) is 4.74 Å². The van der Waals surface area contributed by atoms with Crippen LogP contribution in [0.1, 0.15) is 16.2 Å². The quantitative estimate of drug-likeness (QED) is 0.660. The Morgan fingerprint density at radius 1 is 1.44 bits per heavy atom. The minimum absolute atomic E-state index is 0.375. The number of aliphatic carboxylic acids is 1. The molecule has 0 aromatic carbocycles. The van der Waals surface area contributed by atoms with Crippen molar-refractivity contribution in [3.05, 3.63) is 29.7 Å². The number of aromatic nitrogens is 1. The number of methoxy groups -OCH3 is 1. The standard InChI is InChI=1S/C12H11NO5/c1-13-8-5-7(3-4-11(14)15)18-10(8)6-9(13)12(16)17-2/h3-6H,1-2H3,(H,14,15)/b4-3+. The number of ether oxygens (including phenoxy) is 1. The summed E-state index contributed by atoms with van der Waals surface area (Å²) in [7, 11) is 3.01. The minimum Gasteiger partial charge on any atom is -0.478 e. The van der Waals surface area contributed by atoms with Crippen molar-refractivity contribution < 1.29 is 23.8 Å². The zero-order valence-corrected chi connectivity index (χ0v) is 9.84. The lowest BCUT2D eigenvalue weighted by Crippen LogP contribution is -2.06. The van der Waals surface area contributed by atoms with Gasteiger partial charge in [-0.05, 0) is 6.08 Å². The smallest absolute Gasteiger partial charge is 0.354 e. The normalized spacial score (nSPS) is 11.2. The van der Waals surface area contributed by atoms with Crippen molar-refractivity contribution in [2.75, 3.05) is 7.11 Å². The maximum atomic E-state index is 11.4. The predicted molar refractivity (Wildman–Crippen MR) is 63.2 cm³/mol. The maximum Gasteiger partial charge on any atom is 0.354 e. The first-order valence-corrected chi connectivity index (χ1v) is 5.11. The third-order valence-electron chi connectivity index (χ3n) is 2.53. The molecule has 1 N–H and O–H groups in total. The number of furan rings is 1. The van der Waals surface area contributed by atoms with Crippen LogP contribution in [0.5, 0.6) is 0 Å². The molecule has 2 heterocycles. The fourth-order valence-corrected chi connectivity index (χ4v) is 1.67. The summed E-state index contributed by atoms with van der Waals surface area (Å²) in [6.45, 7) is 0. The van der Waals surface area contributed by atoms with Gasteiger partial charge in [-0.3, -0.25) is 0 Å². The highest BCUT2D eigenvalue weighted by Crippen LogP contribution is 2.24. The molecule has 2 aromatic heterocycles. The molecule has 0 fully saturated rings. The lowest BCUT2D eigenvalue weighted by atomic mass is 10.4. The van der Waals surface area contributed by atoms with Crippen LogP contribution in [0.4, 0.5) is 0 Å². The van der Waals surface area contributed by atoms with E-state index in [0.29, 0.717) is 22.6 Å². The first-order valence-electron chi connectivity index (χ1n) is 5.11. The third-order valence-corrected chi connectivity index (χ3v) is 2.53. The van der Waals surface area contributed by atoms with Gasteiger partial charge in [0.05, 0.1) is 12.6 Å². The van der Waals surface area contributed by atoms with E-state index in [9.17, 15) is 9.59 Å². The summed E-state index contributed by atoms with van der Waals surface area (Å²) in [6.07, 6.45) is 2.33. The Hall–Kier alpha value is -2.50. The summed E-state index contributed by atoms with van der Waals surface area (Å²) in [4.78, 5) is 21.8. The van der Waals surface area contributed by atoms with Crippen LogP contribution in [0.25, 0.3) is 17.2 Å². The molecule has 0 aliphatic carbocycles. The first-order chi connectivity index (χ1) is 8.52. The van der Waals surface area contributed by atoms with E-state index < -0.39 is 11.9 Å². The van der Waals surface area contributed by atoms with Crippen molar-refractivity contribution in [1.29, 1.82) is 0 Å². The van der Waals surface area contributed by atoms with E-state index in [4.69, 9.17) is 9.52 Å². The molecule has 0 atom stereocenters. The van der Waals surface area contributed by atoms with Crippen LogP contribution in [-0.4, -0.2) is 28.7 Å². The molecule has 0 spiro atoms. The van der Waals surface area contributed by atoms with Crippen molar-refractivity contribution in [2.24, 2.45) is 7.05 Å². The lowest BCUT2D eigenvalue weighted by molar-refractivity contribution is -0.131. The van der Waals surface area contributed by atoms with Gasteiger partial charge in [-0.15, -0.1) is 0 Å². The second kappa shape index (κ2) is 4.40.